The molecule has 4 unspecified atom stereocenters. The molecule has 13 saturated heterocycles. The van der Waals surface area contributed by atoms with Crippen molar-refractivity contribution in [3.8, 4) is 0 Å². The number of nitrogens with zero attached hydrogens (tertiary/aromatic N) is 24. The van der Waals surface area contributed by atoms with Gasteiger partial charge in [0, 0.05) is 299 Å². The first-order valence-electron chi connectivity index (χ1n) is 53.1. The standard InChI is InChI=1S/C31H43N7O2.C29H40N6O3.C27H38N6O2.C23H32N6O2/c1-22(2)32-29-6-11-38(33-29)30(40)34-12-8-31(9-13-34)7-5-10-37(31)17-25-14-23(3)15-28(16-25)36-20-26-18-35(24(4)39)19-27(26)21-36;1-21-15-23(17-26(16-21)35-24-5-6-25(35)20-38-19-24)18-33-11-4-8-29(33)9-13-32(14-10-29)28(37)34-12-7-27(30-34)31(3)22(2)36;1-21-7-8-23(24(19-21)30-13-4-5-14-30)20-32-15-6-10-27(32)11-17-31(18-12-27)26(35)33-16-9-25(28-33)29(3)22(2)34;1-18-14-20(16-21(15-18)27-7-4-5-8-27)17-26-10-12-28(13-11-26)23(31)29-9-6-22(24-29)25(3)19(2)30/h6,11,14-16,26-27H,1,5,7-10,12-13,17-21H2,2-4H3,(H,32,33);7,12,15-17,24-25H,4-6,8-11,13-14,18-20H2,1-3H3;7-9,16,19H,4-6,10-15,17-18,20H2,1-3H3;6,9,14-16H,4-5,7-8,10-13,17H2,1-3H3. The van der Waals surface area contributed by atoms with Crippen molar-refractivity contribution in [3.63, 3.8) is 0 Å². The van der Waals surface area contributed by atoms with Gasteiger partial charge in [-0.25, -0.2) is 19.2 Å². The second-order valence-electron chi connectivity index (χ2n) is 43.5. The molecule has 4 aromatic heterocycles. The van der Waals surface area contributed by atoms with Crippen molar-refractivity contribution in [2.24, 2.45) is 11.8 Å². The van der Waals surface area contributed by atoms with E-state index in [4.69, 9.17) is 4.74 Å². The molecule has 0 radical (unpaired) electrons. The molecular formula is C110H153N25O9. The number of aryl methyl sites for hydroxylation is 4. The van der Waals surface area contributed by atoms with Gasteiger partial charge in [-0.1, -0.05) is 36.9 Å². The molecular weight excluding hydrogens is 1820 g/mol. The maximum atomic E-state index is 13.2. The molecule has 144 heavy (non-hydrogen) atoms. The zero-order chi connectivity index (χ0) is 101. The number of amides is 8. The smallest absolute Gasteiger partial charge is 0.344 e. The third kappa shape index (κ3) is 23.0. The number of piperidine rings is 3. The summed E-state index contributed by atoms with van der Waals surface area (Å²) >= 11 is 0. The summed E-state index contributed by atoms with van der Waals surface area (Å²) in [7, 11) is 4.99. The second kappa shape index (κ2) is 44.1. The van der Waals surface area contributed by atoms with Crippen LogP contribution in [0.25, 0.3) is 0 Å². The van der Waals surface area contributed by atoms with Crippen molar-refractivity contribution in [3.05, 3.63) is 179 Å². The van der Waals surface area contributed by atoms with Crippen LogP contribution in [0.1, 0.15) is 195 Å². The second-order valence-corrected chi connectivity index (χ2v) is 43.5. The molecule has 0 saturated carbocycles. The molecule has 34 heteroatoms. The number of morpholine rings is 1. The Morgan fingerprint density at radius 2 is 0.757 bits per heavy atom. The monoisotopic (exact) mass is 1970 g/mol. The van der Waals surface area contributed by atoms with Gasteiger partial charge >= 0.3 is 24.1 Å². The predicted molar refractivity (Wildman–Crippen MR) is 563 cm³/mol. The first-order valence-corrected chi connectivity index (χ1v) is 53.1. The Hall–Kier alpha value is -12.0. The quantitative estimate of drug-likeness (QED) is 0.0886. The fraction of sp³-hybridized carbons (Fsp3) is 0.582. The van der Waals surface area contributed by atoms with Crippen molar-refractivity contribution in [2.75, 3.05) is 211 Å². The average molecular weight is 1970 g/mol. The number of likely N-dealkylation sites (tertiary alicyclic amines) is 7. The Balaban J connectivity index is 0.000000127. The number of carbonyl (C=O) groups is 8. The number of anilines is 8. The molecule has 8 aromatic rings. The van der Waals surface area contributed by atoms with Gasteiger partial charge in [-0.3, -0.25) is 53.5 Å². The van der Waals surface area contributed by atoms with E-state index in [1.54, 1.807) is 71.1 Å². The summed E-state index contributed by atoms with van der Waals surface area (Å²) < 4.78 is 11.3. The lowest BCUT2D eigenvalue weighted by atomic mass is 9.84. The van der Waals surface area contributed by atoms with Crippen LogP contribution < -0.4 is 39.6 Å². The molecule has 21 rings (SSSR count). The van der Waals surface area contributed by atoms with E-state index in [-0.39, 0.29) is 64.4 Å². The van der Waals surface area contributed by atoms with Crippen molar-refractivity contribution in [1.82, 2.24) is 83.2 Å². The van der Waals surface area contributed by atoms with E-state index in [0.29, 0.717) is 60.3 Å². The number of carbonyl (C=O) groups excluding carboxylic acids is 8. The summed E-state index contributed by atoms with van der Waals surface area (Å²) in [5.41, 5.74) is 17.6. The largest absolute Gasteiger partial charge is 0.377 e. The lowest BCUT2D eigenvalue weighted by Crippen LogP contribution is -2.53. The molecule has 13 aliphatic heterocycles. The normalized spacial score (nSPS) is 21.8. The summed E-state index contributed by atoms with van der Waals surface area (Å²) in [6, 6.07) is 35.5. The van der Waals surface area contributed by atoms with Crippen LogP contribution >= 0.6 is 0 Å². The number of nitrogens with one attached hydrogen (secondary N) is 1. The van der Waals surface area contributed by atoms with E-state index >= 15 is 0 Å². The molecule has 3 spiro atoms. The van der Waals surface area contributed by atoms with E-state index in [9.17, 15) is 38.4 Å². The first-order chi connectivity index (χ1) is 69.3. The van der Waals surface area contributed by atoms with Crippen LogP contribution in [0.2, 0.25) is 0 Å². The number of piperazine rings is 1. The maximum Gasteiger partial charge on any atom is 0.344 e. The summed E-state index contributed by atoms with van der Waals surface area (Å²) in [4.78, 5) is 133. The van der Waals surface area contributed by atoms with Crippen molar-refractivity contribution in [1.29, 1.82) is 0 Å². The van der Waals surface area contributed by atoms with Gasteiger partial charge in [0.05, 0.1) is 25.3 Å². The number of rotatable bonds is 17. The Morgan fingerprint density at radius 1 is 0.375 bits per heavy atom. The fourth-order valence-corrected chi connectivity index (χ4v) is 25.2. The number of aromatic nitrogens is 8. The third-order valence-corrected chi connectivity index (χ3v) is 33.5. The minimum Gasteiger partial charge on any atom is -0.377 e. The van der Waals surface area contributed by atoms with E-state index < -0.39 is 0 Å². The lowest BCUT2D eigenvalue weighted by molar-refractivity contribution is -0.128. The highest BCUT2D eigenvalue weighted by Crippen LogP contribution is 2.46. The molecule has 17 heterocycles. The molecule has 0 aliphatic carbocycles. The third-order valence-electron chi connectivity index (χ3n) is 33.5. The van der Waals surface area contributed by atoms with Crippen LogP contribution in [0, 0.1) is 39.5 Å². The van der Waals surface area contributed by atoms with E-state index in [1.807, 2.05) is 37.5 Å². The number of fused-ring (bicyclic) bond motifs is 3. The molecule has 8 amide bonds. The summed E-state index contributed by atoms with van der Waals surface area (Å²) in [6.07, 6.45) is 27.4. The molecule has 13 fully saturated rings. The highest BCUT2D eigenvalue weighted by molar-refractivity contribution is 5.92. The SMILES string of the molecule is C=C(C)Nc1ccn(C(=O)N2CCC3(CCCN3Cc3cc(C)cc(N4CC5CN(C(C)=O)CC5C4)c3)CC2)n1.CC(=O)N(C)c1ccn(C(=O)N2CCC3(CCCN3Cc3cc(C)cc(N4C5CCC4COC5)c3)CC2)n1.CC(=O)N(C)c1ccn(C(=O)N2CCC3(CCCN3Cc3ccc(C)cc3N3CCCC3)CC2)n1.CC(=O)N(C)c1ccn(C(=O)N2CCN(Cc3cc(C)cc(N4CCCC4)c3)CC2)n1. The van der Waals surface area contributed by atoms with Crippen LogP contribution in [0.15, 0.2) is 134 Å². The van der Waals surface area contributed by atoms with Gasteiger partial charge in [0.1, 0.15) is 0 Å². The Labute approximate surface area is 850 Å². The Bertz CT molecular complexity index is 5900. The molecule has 2 bridgehead atoms. The lowest BCUT2D eigenvalue weighted by Gasteiger charge is -2.45. The van der Waals surface area contributed by atoms with Gasteiger partial charge < -0.3 is 54.2 Å². The number of ether oxygens (including phenoxy) is 1. The summed E-state index contributed by atoms with van der Waals surface area (Å²) in [5, 5.41) is 20.4. The van der Waals surface area contributed by atoms with E-state index in [1.165, 1.54) is 199 Å². The van der Waals surface area contributed by atoms with Crippen molar-refractivity contribution >= 4 is 93.8 Å². The fourth-order valence-electron chi connectivity index (χ4n) is 25.2. The minimum atomic E-state index is -0.144. The van der Waals surface area contributed by atoms with Crippen LogP contribution in [0.3, 0.4) is 0 Å². The molecule has 4 aromatic carbocycles. The Kier molecular flexibility index (Phi) is 31.3. The van der Waals surface area contributed by atoms with Gasteiger partial charge in [0.25, 0.3) is 0 Å². The zero-order valence-electron chi connectivity index (χ0n) is 87.3. The van der Waals surface area contributed by atoms with Crippen molar-refractivity contribution in [2.45, 2.75) is 233 Å². The Morgan fingerprint density at radius 3 is 1.18 bits per heavy atom. The predicted octanol–water partition coefficient (Wildman–Crippen LogP) is 14.2. The van der Waals surface area contributed by atoms with Crippen molar-refractivity contribution < 1.29 is 43.1 Å². The van der Waals surface area contributed by atoms with Crippen LogP contribution in [-0.2, 0) is 50.1 Å². The van der Waals surface area contributed by atoms with Gasteiger partial charge in [0.15, 0.2) is 23.3 Å². The van der Waals surface area contributed by atoms with Crippen LogP contribution in [0.5, 0.6) is 0 Å². The van der Waals surface area contributed by atoms with Gasteiger partial charge in [0.2, 0.25) is 23.6 Å². The number of hydrogen-bond acceptors (Lipinski definition) is 22. The zero-order valence-corrected chi connectivity index (χ0v) is 87.3. The molecule has 1 N–H and O–H groups in total. The van der Waals surface area contributed by atoms with Gasteiger partial charge in [-0.15, -0.1) is 20.4 Å². The highest BCUT2D eigenvalue weighted by Gasteiger charge is 2.49. The van der Waals surface area contributed by atoms with Gasteiger partial charge in [-0.05, 0) is 257 Å². The highest BCUT2D eigenvalue weighted by atomic mass is 16.5. The molecule has 4 atom stereocenters. The number of benzene rings is 4. The van der Waals surface area contributed by atoms with Gasteiger partial charge in [-0.2, -0.15) is 18.7 Å². The average Bonchev–Trinajstić information content (AvgIpc) is 1.66. The number of allylic oxidation sites excluding steroid dienone is 1. The molecule has 34 nitrogen and oxygen atoms in total. The molecule has 772 valence electrons. The van der Waals surface area contributed by atoms with E-state index in [2.05, 4.69) is 172 Å². The topological polar surface area (TPSA) is 281 Å². The maximum absolute atomic E-state index is 13.2. The van der Waals surface area contributed by atoms with Crippen LogP contribution in [-0.4, -0.2) is 331 Å². The van der Waals surface area contributed by atoms with E-state index in [0.717, 1.165) is 208 Å². The van der Waals surface area contributed by atoms with Crippen LogP contribution in [0.4, 0.5) is 65.2 Å². The number of hydrogen-bond donors (Lipinski definition) is 1. The summed E-state index contributed by atoms with van der Waals surface area (Å²) in [5.74, 6) is 3.15. The first kappa shape index (κ1) is 102. The molecule has 13 aliphatic rings. The summed E-state index contributed by atoms with van der Waals surface area (Å²) in [6.45, 7) is 45.4. The minimum absolute atomic E-state index is 0.0562.